The molecule has 1 aromatic rings. The van der Waals surface area contributed by atoms with Crippen LogP contribution in [0.4, 0.5) is 13.2 Å². The molecule has 1 aromatic carbocycles. The monoisotopic (exact) mass is 209 g/mol. The van der Waals surface area contributed by atoms with E-state index in [0.29, 0.717) is 6.07 Å². The molecule has 0 radical (unpaired) electrons. The summed E-state index contributed by atoms with van der Waals surface area (Å²) >= 11 is 5.23. The lowest BCUT2D eigenvalue weighted by atomic mass is 10.1. The predicted molar refractivity (Wildman–Crippen MR) is 43.9 cm³/mol. The van der Waals surface area contributed by atoms with Gasteiger partial charge in [-0.15, -0.1) is 0 Å². The van der Waals surface area contributed by atoms with E-state index in [9.17, 15) is 13.2 Å². The molecule has 0 aliphatic rings. The van der Waals surface area contributed by atoms with Gasteiger partial charge in [0.25, 0.3) is 0 Å². The van der Waals surface area contributed by atoms with Gasteiger partial charge in [0, 0.05) is 17.7 Å². The van der Waals surface area contributed by atoms with Crippen LogP contribution in [-0.2, 0) is 0 Å². The van der Waals surface area contributed by atoms with Crippen LogP contribution in [0.1, 0.15) is 18.5 Å². The number of halogens is 4. The molecule has 0 aliphatic carbocycles. The predicted octanol–water partition coefficient (Wildman–Crippen LogP) is 2.78. The Morgan fingerprint density at radius 1 is 1.31 bits per heavy atom. The van der Waals surface area contributed by atoms with E-state index in [2.05, 4.69) is 0 Å². The van der Waals surface area contributed by atoms with Crippen LogP contribution in [0.3, 0.4) is 0 Å². The number of hydrogen-bond acceptors (Lipinski definition) is 1. The Morgan fingerprint density at radius 2 is 1.85 bits per heavy atom. The van der Waals surface area contributed by atoms with Crippen molar-refractivity contribution in [3.05, 3.63) is 34.1 Å². The second-order valence-corrected chi connectivity index (χ2v) is 3.05. The maximum Gasteiger partial charge on any atom is 0.152 e. The van der Waals surface area contributed by atoms with E-state index in [4.69, 9.17) is 17.3 Å². The molecule has 0 aromatic heterocycles. The Hall–Kier alpha value is -0.740. The van der Waals surface area contributed by atoms with Crippen LogP contribution in [0.2, 0.25) is 5.02 Å². The summed E-state index contributed by atoms with van der Waals surface area (Å²) < 4.78 is 38.6. The van der Waals surface area contributed by atoms with Gasteiger partial charge in [0.2, 0.25) is 0 Å². The zero-order valence-corrected chi connectivity index (χ0v) is 7.50. The molecular weight excluding hydrogens is 203 g/mol. The molecule has 0 bridgehead atoms. The quantitative estimate of drug-likeness (QED) is 0.559. The third kappa shape index (κ3) is 1.78. The summed E-state index contributed by atoms with van der Waals surface area (Å²) in [7, 11) is 0. The lowest BCUT2D eigenvalue weighted by molar-refractivity contribution is 0.511. The van der Waals surface area contributed by atoms with E-state index in [0.717, 1.165) is 0 Å². The van der Waals surface area contributed by atoms with Gasteiger partial charge in [-0.2, -0.15) is 0 Å². The van der Waals surface area contributed by atoms with Gasteiger partial charge in [0.15, 0.2) is 5.82 Å². The molecule has 0 amide bonds. The van der Waals surface area contributed by atoms with Crippen LogP contribution in [0.5, 0.6) is 0 Å². The summed E-state index contributed by atoms with van der Waals surface area (Å²) in [4.78, 5) is 0. The van der Waals surface area contributed by atoms with Crippen molar-refractivity contribution in [1.29, 1.82) is 0 Å². The van der Waals surface area contributed by atoms with E-state index in [1.165, 1.54) is 6.92 Å². The van der Waals surface area contributed by atoms with Crippen molar-refractivity contribution in [2.45, 2.75) is 13.0 Å². The van der Waals surface area contributed by atoms with Gasteiger partial charge in [0.1, 0.15) is 16.7 Å². The zero-order valence-electron chi connectivity index (χ0n) is 6.74. The highest BCUT2D eigenvalue weighted by molar-refractivity contribution is 6.30. The van der Waals surface area contributed by atoms with E-state index >= 15 is 0 Å². The molecule has 0 heterocycles. The van der Waals surface area contributed by atoms with Crippen molar-refractivity contribution < 1.29 is 13.2 Å². The second-order valence-electron chi connectivity index (χ2n) is 2.67. The van der Waals surface area contributed by atoms with Crippen molar-refractivity contribution in [2.24, 2.45) is 5.73 Å². The summed E-state index contributed by atoms with van der Waals surface area (Å²) in [6, 6.07) is -0.345. The molecule has 0 aliphatic heterocycles. The summed E-state index contributed by atoms with van der Waals surface area (Å²) in [5, 5.41) is -0.728. The summed E-state index contributed by atoms with van der Waals surface area (Å²) in [6.07, 6.45) is 0. The van der Waals surface area contributed by atoms with Gasteiger partial charge in [0.05, 0.1) is 0 Å². The molecule has 0 fully saturated rings. The highest BCUT2D eigenvalue weighted by atomic mass is 35.5. The molecule has 13 heavy (non-hydrogen) atoms. The second kappa shape index (κ2) is 3.55. The fraction of sp³-hybridized carbons (Fsp3) is 0.250. The molecular formula is C8H7ClF3N. The fourth-order valence-electron chi connectivity index (χ4n) is 0.998. The number of nitrogens with two attached hydrogens (primary N) is 1. The lowest BCUT2D eigenvalue weighted by Crippen LogP contribution is -2.11. The van der Waals surface area contributed by atoms with Gasteiger partial charge in [-0.25, -0.2) is 13.2 Å². The third-order valence-electron chi connectivity index (χ3n) is 1.60. The number of hydrogen-bond donors (Lipinski definition) is 1. The average Bonchev–Trinajstić information content (AvgIpc) is 1.99. The molecule has 0 saturated carbocycles. The van der Waals surface area contributed by atoms with Crippen molar-refractivity contribution in [1.82, 2.24) is 0 Å². The maximum absolute atomic E-state index is 13.1. The SMILES string of the molecule is CC(N)c1c(F)cc(F)c(Cl)c1F. The van der Waals surface area contributed by atoms with Crippen LogP contribution >= 0.6 is 11.6 Å². The third-order valence-corrected chi connectivity index (χ3v) is 1.95. The van der Waals surface area contributed by atoms with Gasteiger partial charge in [-0.3, -0.25) is 0 Å². The lowest BCUT2D eigenvalue weighted by Gasteiger charge is -2.09. The summed E-state index contributed by atoms with van der Waals surface area (Å²) in [6.45, 7) is 1.38. The first-order valence-electron chi connectivity index (χ1n) is 3.53. The molecule has 1 nitrogen and oxygen atoms in total. The molecule has 5 heteroatoms. The average molecular weight is 210 g/mol. The Morgan fingerprint density at radius 3 is 2.31 bits per heavy atom. The van der Waals surface area contributed by atoms with Gasteiger partial charge >= 0.3 is 0 Å². The molecule has 2 N–H and O–H groups in total. The van der Waals surface area contributed by atoms with Crippen LogP contribution in [0.25, 0.3) is 0 Å². The molecule has 72 valence electrons. The minimum Gasteiger partial charge on any atom is -0.324 e. The molecule has 1 rings (SSSR count). The first kappa shape index (κ1) is 10.3. The Balaban J connectivity index is 3.44. The topological polar surface area (TPSA) is 26.0 Å². The van der Waals surface area contributed by atoms with Crippen molar-refractivity contribution in [2.75, 3.05) is 0 Å². The Kier molecular flexibility index (Phi) is 2.83. The Bertz CT molecular complexity index is 339. The zero-order chi connectivity index (χ0) is 10.2. The molecule has 1 unspecified atom stereocenters. The number of benzene rings is 1. The van der Waals surface area contributed by atoms with E-state index in [1.807, 2.05) is 0 Å². The van der Waals surface area contributed by atoms with Gasteiger partial charge in [-0.1, -0.05) is 11.6 Å². The highest BCUT2D eigenvalue weighted by Gasteiger charge is 2.19. The minimum absolute atomic E-state index is 0.397. The fourth-order valence-corrected chi connectivity index (χ4v) is 1.15. The van der Waals surface area contributed by atoms with Crippen LogP contribution in [0, 0.1) is 17.5 Å². The first-order valence-corrected chi connectivity index (χ1v) is 3.91. The highest BCUT2D eigenvalue weighted by Crippen LogP contribution is 2.27. The van der Waals surface area contributed by atoms with Crippen molar-refractivity contribution >= 4 is 11.6 Å². The maximum atomic E-state index is 13.1. The Labute approximate surface area is 78.3 Å². The van der Waals surface area contributed by atoms with Crippen LogP contribution in [0.15, 0.2) is 6.07 Å². The van der Waals surface area contributed by atoms with Gasteiger partial charge < -0.3 is 5.73 Å². The molecule has 0 spiro atoms. The van der Waals surface area contributed by atoms with Gasteiger partial charge in [-0.05, 0) is 6.92 Å². The standard InChI is InChI=1S/C8H7ClF3N/c1-3(13)6-4(10)2-5(11)7(9)8(6)12/h2-3H,13H2,1H3. The molecule has 1 atom stereocenters. The number of rotatable bonds is 1. The molecule has 0 saturated heterocycles. The first-order chi connectivity index (χ1) is 5.95. The van der Waals surface area contributed by atoms with E-state index in [-0.39, 0.29) is 0 Å². The van der Waals surface area contributed by atoms with Crippen molar-refractivity contribution in [3.8, 4) is 0 Å². The summed E-state index contributed by atoms with van der Waals surface area (Å²) in [5.74, 6) is -3.27. The van der Waals surface area contributed by atoms with E-state index in [1.54, 1.807) is 0 Å². The van der Waals surface area contributed by atoms with Crippen molar-refractivity contribution in [3.63, 3.8) is 0 Å². The normalized spacial score (nSPS) is 13.1. The minimum atomic E-state index is -1.13. The largest absolute Gasteiger partial charge is 0.324 e. The van der Waals surface area contributed by atoms with E-state index < -0.39 is 34.1 Å². The summed E-state index contributed by atoms with van der Waals surface area (Å²) in [5.41, 5.74) is 4.88. The van der Waals surface area contributed by atoms with Crippen LogP contribution in [-0.4, -0.2) is 0 Å². The van der Waals surface area contributed by atoms with Crippen LogP contribution < -0.4 is 5.73 Å². The smallest absolute Gasteiger partial charge is 0.152 e.